The third-order valence-electron chi connectivity index (χ3n) is 2.09. The summed E-state index contributed by atoms with van der Waals surface area (Å²) < 4.78 is 7.19. The van der Waals surface area contributed by atoms with Crippen molar-refractivity contribution < 1.29 is 9.94 Å². The third-order valence-corrected chi connectivity index (χ3v) is 2.09. The molecule has 1 aromatic rings. The predicted octanol–water partition coefficient (Wildman–Crippen LogP) is 0.858. The van der Waals surface area contributed by atoms with E-state index in [9.17, 15) is 0 Å². The van der Waals surface area contributed by atoms with Gasteiger partial charge in [-0.3, -0.25) is 0 Å². The first-order valence-electron chi connectivity index (χ1n) is 5.11. The van der Waals surface area contributed by atoms with E-state index in [1.165, 1.54) is 0 Å². The Kier molecular flexibility index (Phi) is 3.76. The normalized spacial score (nSPS) is 12.2. The molecule has 90 valence electrons. The minimum atomic E-state index is 0.0179. The highest BCUT2D eigenvalue weighted by Crippen LogP contribution is 2.21. The van der Waals surface area contributed by atoms with E-state index in [1.807, 2.05) is 13.8 Å². The van der Waals surface area contributed by atoms with E-state index in [4.69, 9.17) is 15.7 Å². The first-order valence-corrected chi connectivity index (χ1v) is 5.11. The van der Waals surface area contributed by atoms with Crippen LogP contribution >= 0.6 is 0 Å². The van der Waals surface area contributed by atoms with Gasteiger partial charge in [0.2, 0.25) is 5.88 Å². The van der Waals surface area contributed by atoms with Crippen LogP contribution in [0, 0.1) is 12.8 Å². The lowest BCUT2D eigenvalue weighted by atomic mass is 10.2. The number of aromatic nitrogens is 2. The van der Waals surface area contributed by atoms with Gasteiger partial charge < -0.3 is 15.7 Å². The number of rotatable bonds is 4. The Hall–Kier alpha value is -1.72. The van der Waals surface area contributed by atoms with Crippen molar-refractivity contribution >= 4 is 5.84 Å². The average molecular weight is 226 g/mol. The van der Waals surface area contributed by atoms with Gasteiger partial charge in [0, 0.05) is 7.05 Å². The molecule has 16 heavy (non-hydrogen) atoms. The van der Waals surface area contributed by atoms with Crippen LogP contribution in [0.4, 0.5) is 0 Å². The van der Waals surface area contributed by atoms with Gasteiger partial charge in [0.1, 0.15) is 5.56 Å². The smallest absolute Gasteiger partial charge is 0.223 e. The van der Waals surface area contributed by atoms with Crippen molar-refractivity contribution in [2.24, 2.45) is 23.9 Å². The number of hydrogen-bond acceptors (Lipinski definition) is 4. The molecule has 6 heteroatoms. The molecular formula is C10H18N4O2. The summed E-state index contributed by atoms with van der Waals surface area (Å²) in [5.74, 6) is 0.946. The number of hydrogen-bond donors (Lipinski definition) is 2. The molecule has 0 unspecified atom stereocenters. The van der Waals surface area contributed by atoms with Crippen molar-refractivity contribution in [1.82, 2.24) is 9.78 Å². The lowest BCUT2D eigenvalue weighted by Crippen LogP contribution is -2.17. The van der Waals surface area contributed by atoms with Crippen LogP contribution in [0.25, 0.3) is 0 Å². The Morgan fingerprint density at radius 2 is 2.25 bits per heavy atom. The fraction of sp³-hybridized carbons (Fsp3) is 0.600. The van der Waals surface area contributed by atoms with Crippen LogP contribution in [0.15, 0.2) is 5.16 Å². The number of amidine groups is 1. The van der Waals surface area contributed by atoms with Crippen molar-refractivity contribution in [3.05, 3.63) is 11.3 Å². The van der Waals surface area contributed by atoms with E-state index >= 15 is 0 Å². The molecule has 6 nitrogen and oxygen atoms in total. The minimum Gasteiger partial charge on any atom is -0.477 e. The summed E-state index contributed by atoms with van der Waals surface area (Å²) in [6, 6.07) is 0. The number of nitrogens with zero attached hydrogens (tertiary/aromatic N) is 3. The van der Waals surface area contributed by atoms with Crippen LogP contribution < -0.4 is 10.5 Å². The molecule has 0 aliphatic carbocycles. The van der Waals surface area contributed by atoms with Gasteiger partial charge in [-0.2, -0.15) is 5.10 Å². The molecule has 0 aliphatic heterocycles. The number of oxime groups is 1. The molecule has 0 bridgehead atoms. The first kappa shape index (κ1) is 12.4. The van der Waals surface area contributed by atoms with Crippen molar-refractivity contribution in [3.63, 3.8) is 0 Å². The lowest BCUT2D eigenvalue weighted by Gasteiger charge is -2.10. The highest BCUT2D eigenvalue weighted by molar-refractivity contribution is 6.00. The van der Waals surface area contributed by atoms with Crippen LogP contribution in [-0.2, 0) is 7.05 Å². The average Bonchev–Trinajstić information content (AvgIpc) is 2.49. The molecule has 1 aromatic heterocycles. The monoisotopic (exact) mass is 226 g/mol. The van der Waals surface area contributed by atoms with Gasteiger partial charge in [-0.05, 0) is 12.8 Å². The fourth-order valence-corrected chi connectivity index (χ4v) is 1.39. The SMILES string of the molecule is Cc1nn(C)c(OCC(C)C)c1C(N)=NO. The molecule has 0 saturated carbocycles. The van der Waals surface area contributed by atoms with Gasteiger partial charge in [0.25, 0.3) is 0 Å². The molecule has 0 spiro atoms. The van der Waals surface area contributed by atoms with Gasteiger partial charge in [0.05, 0.1) is 12.3 Å². The van der Waals surface area contributed by atoms with Gasteiger partial charge >= 0.3 is 0 Å². The maximum absolute atomic E-state index is 8.69. The predicted molar refractivity (Wildman–Crippen MR) is 60.8 cm³/mol. The molecule has 1 rings (SSSR count). The maximum Gasteiger partial charge on any atom is 0.223 e. The topological polar surface area (TPSA) is 85.7 Å². The zero-order valence-corrected chi connectivity index (χ0v) is 10.1. The summed E-state index contributed by atoms with van der Waals surface area (Å²) in [6.07, 6.45) is 0. The van der Waals surface area contributed by atoms with E-state index in [-0.39, 0.29) is 5.84 Å². The zero-order valence-electron chi connectivity index (χ0n) is 10.1. The molecule has 0 aliphatic rings. The molecule has 0 amide bonds. The second-order valence-corrected chi connectivity index (χ2v) is 4.08. The summed E-state index contributed by atoms with van der Waals surface area (Å²) in [7, 11) is 1.76. The lowest BCUT2D eigenvalue weighted by molar-refractivity contribution is 0.249. The highest BCUT2D eigenvalue weighted by atomic mass is 16.5. The molecule has 0 aromatic carbocycles. The van der Waals surface area contributed by atoms with E-state index < -0.39 is 0 Å². The van der Waals surface area contributed by atoms with E-state index in [0.717, 1.165) is 0 Å². The Morgan fingerprint density at radius 1 is 1.62 bits per heavy atom. The maximum atomic E-state index is 8.69. The third kappa shape index (κ3) is 2.44. The van der Waals surface area contributed by atoms with Crippen LogP contribution in [0.1, 0.15) is 25.1 Å². The highest BCUT2D eigenvalue weighted by Gasteiger charge is 2.18. The number of ether oxygens (including phenoxy) is 1. The molecule has 0 saturated heterocycles. The van der Waals surface area contributed by atoms with Crippen molar-refractivity contribution in [3.8, 4) is 5.88 Å². The second kappa shape index (κ2) is 4.87. The Labute approximate surface area is 94.7 Å². The van der Waals surface area contributed by atoms with Crippen LogP contribution in [0.3, 0.4) is 0 Å². The second-order valence-electron chi connectivity index (χ2n) is 4.08. The van der Waals surface area contributed by atoms with Crippen LogP contribution in [0.5, 0.6) is 5.88 Å². The van der Waals surface area contributed by atoms with Gasteiger partial charge in [0.15, 0.2) is 5.84 Å². The van der Waals surface area contributed by atoms with E-state index in [1.54, 1.807) is 18.7 Å². The Balaban J connectivity index is 3.06. The molecule has 0 radical (unpaired) electrons. The van der Waals surface area contributed by atoms with Crippen molar-refractivity contribution in [2.75, 3.05) is 6.61 Å². The quantitative estimate of drug-likeness (QED) is 0.345. The molecule has 0 atom stereocenters. The van der Waals surface area contributed by atoms with Crippen LogP contribution in [-0.4, -0.2) is 27.4 Å². The van der Waals surface area contributed by atoms with Gasteiger partial charge in [-0.25, -0.2) is 4.68 Å². The van der Waals surface area contributed by atoms with Crippen molar-refractivity contribution in [2.45, 2.75) is 20.8 Å². The summed E-state index contributed by atoms with van der Waals surface area (Å²) in [6.45, 7) is 6.44. The van der Waals surface area contributed by atoms with Gasteiger partial charge in [-0.1, -0.05) is 19.0 Å². The van der Waals surface area contributed by atoms with Crippen molar-refractivity contribution in [1.29, 1.82) is 0 Å². The number of nitrogens with two attached hydrogens (primary N) is 1. The number of aryl methyl sites for hydroxylation is 2. The van der Waals surface area contributed by atoms with E-state index in [2.05, 4.69) is 10.3 Å². The zero-order chi connectivity index (χ0) is 12.3. The Morgan fingerprint density at radius 3 is 2.75 bits per heavy atom. The Bertz CT molecular complexity index is 396. The summed E-state index contributed by atoms with van der Waals surface area (Å²) in [5.41, 5.74) is 6.81. The molecule has 1 heterocycles. The molecule has 3 N–H and O–H groups in total. The van der Waals surface area contributed by atoms with Gasteiger partial charge in [-0.15, -0.1) is 0 Å². The van der Waals surface area contributed by atoms with E-state index in [0.29, 0.717) is 29.7 Å². The minimum absolute atomic E-state index is 0.0179. The molecular weight excluding hydrogens is 208 g/mol. The summed E-state index contributed by atoms with van der Waals surface area (Å²) >= 11 is 0. The summed E-state index contributed by atoms with van der Waals surface area (Å²) in [4.78, 5) is 0. The summed E-state index contributed by atoms with van der Waals surface area (Å²) in [5, 5.41) is 15.9. The standard InChI is InChI=1S/C10H18N4O2/c1-6(2)5-16-10-8(9(11)13-15)7(3)12-14(10)4/h6,15H,5H2,1-4H3,(H2,11,13). The molecule has 0 fully saturated rings. The largest absolute Gasteiger partial charge is 0.477 e. The fourth-order valence-electron chi connectivity index (χ4n) is 1.39. The van der Waals surface area contributed by atoms with Crippen LogP contribution in [0.2, 0.25) is 0 Å². The first-order chi connectivity index (χ1) is 7.47.